The number of benzene rings is 1. The van der Waals surface area contributed by atoms with Crippen LogP contribution in [0.4, 0.5) is 0 Å². The topological polar surface area (TPSA) is 48.1 Å². The molecule has 4 heteroatoms. The van der Waals surface area contributed by atoms with Crippen molar-refractivity contribution in [2.45, 2.75) is 20.4 Å². The van der Waals surface area contributed by atoms with Crippen LogP contribution >= 0.6 is 11.5 Å². The van der Waals surface area contributed by atoms with Crippen LogP contribution in [0.5, 0.6) is 5.75 Å². The largest absolute Gasteiger partial charge is 0.493 e. The van der Waals surface area contributed by atoms with E-state index in [0.29, 0.717) is 12.5 Å². The fraction of sp³-hybridized carbons (Fsp3) is 0.357. The maximum absolute atomic E-state index is 5.65. The summed E-state index contributed by atoms with van der Waals surface area (Å²) in [5.41, 5.74) is 7.67. The minimum Gasteiger partial charge on any atom is -0.493 e. The Hall–Kier alpha value is -1.39. The minimum atomic E-state index is 0.537. The van der Waals surface area contributed by atoms with Crippen LogP contribution in [0.15, 0.2) is 30.3 Å². The third-order valence-corrected chi connectivity index (χ3v) is 3.30. The van der Waals surface area contributed by atoms with Crippen LogP contribution < -0.4 is 10.5 Å². The molecule has 0 radical (unpaired) electrons. The number of nitrogens with zero attached hydrogens (tertiary/aromatic N) is 1. The molecule has 3 nitrogen and oxygen atoms in total. The van der Waals surface area contributed by atoms with Crippen molar-refractivity contribution in [1.29, 1.82) is 0 Å². The lowest BCUT2D eigenvalue weighted by atomic mass is 10.1. The van der Waals surface area contributed by atoms with Gasteiger partial charge in [0, 0.05) is 17.0 Å². The van der Waals surface area contributed by atoms with Crippen molar-refractivity contribution < 1.29 is 4.74 Å². The number of rotatable bonds is 5. The molecule has 2 N–H and O–H groups in total. The second-order valence-electron chi connectivity index (χ2n) is 4.61. The smallest absolute Gasteiger partial charge is 0.119 e. The van der Waals surface area contributed by atoms with E-state index in [9.17, 15) is 0 Å². The highest BCUT2D eigenvalue weighted by molar-refractivity contribution is 7.06. The van der Waals surface area contributed by atoms with Gasteiger partial charge in [-0.05, 0) is 47.8 Å². The normalized spacial score (nSPS) is 10.9. The van der Waals surface area contributed by atoms with E-state index in [-0.39, 0.29) is 0 Å². The summed E-state index contributed by atoms with van der Waals surface area (Å²) in [6.07, 6.45) is 0. The highest BCUT2D eigenvalue weighted by Crippen LogP contribution is 2.24. The molecule has 0 unspecified atom stereocenters. The Labute approximate surface area is 112 Å². The number of aromatic nitrogens is 1. The van der Waals surface area contributed by atoms with Gasteiger partial charge in [0.2, 0.25) is 0 Å². The highest BCUT2D eigenvalue weighted by atomic mass is 32.1. The van der Waals surface area contributed by atoms with Crippen LogP contribution in [0.2, 0.25) is 0 Å². The summed E-state index contributed by atoms with van der Waals surface area (Å²) in [6, 6.07) is 10.1. The Kier molecular flexibility index (Phi) is 4.33. The number of nitrogens with two attached hydrogens (primary N) is 1. The fourth-order valence-corrected chi connectivity index (χ4v) is 2.14. The van der Waals surface area contributed by atoms with Crippen molar-refractivity contribution in [2.75, 3.05) is 6.61 Å². The Bertz CT molecular complexity index is 491. The Balaban J connectivity index is 2.07. The first-order valence-corrected chi connectivity index (χ1v) is 6.85. The number of ether oxygens (including phenoxy) is 1. The summed E-state index contributed by atoms with van der Waals surface area (Å²) in [6.45, 7) is 5.57. The predicted molar refractivity (Wildman–Crippen MR) is 75.8 cm³/mol. The molecular formula is C14H18N2OS. The van der Waals surface area contributed by atoms with Crippen LogP contribution in [-0.2, 0) is 6.54 Å². The zero-order valence-corrected chi connectivity index (χ0v) is 11.5. The second kappa shape index (κ2) is 5.98. The van der Waals surface area contributed by atoms with Crippen molar-refractivity contribution in [3.63, 3.8) is 0 Å². The molecule has 0 saturated carbocycles. The molecule has 0 amide bonds. The molecule has 0 bridgehead atoms. The van der Waals surface area contributed by atoms with Gasteiger partial charge in [0.05, 0.1) is 12.3 Å². The van der Waals surface area contributed by atoms with Gasteiger partial charge >= 0.3 is 0 Å². The molecule has 0 aliphatic rings. The lowest BCUT2D eigenvalue weighted by molar-refractivity contribution is 0.271. The maximum atomic E-state index is 5.65. The summed E-state index contributed by atoms with van der Waals surface area (Å²) < 4.78 is 10.0. The van der Waals surface area contributed by atoms with E-state index in [1.165, 1.54) is 11.5 Å². The predicted octanol–water partition coefficient (Wildman–Crippen LogP) is 3.30. The van der Waals surface area contributed by atoms with Crippen molar-refractivity contribution >= 4 is 11.5 Å². The van der Waals surface area contributed by atoms with E-state index in [1.807, 2.05) is 30.3 Å². The van der Waals surface area contributed by atoms with Crippen molar-refractivity contribution in [1.82, 2.24) is 4.37 Å². The monoisotopic (exact) mass is 262 g/mol. The van der Waals surface area contributed by atoms with Crippen LogP contribution in [0.25, 0.3) is 11.3 Å². The van der Waals surface area contributed by atoms with Gasteiger partial charge < -0.3 is 10.5 Å². The molecular weight excluding hydrogens is 244 g/mol. The lowest BCUT2D eigenvalue weighted by Gasteiger charge is -2.08. The van der Waals surface area contributed by atoms with Gasteiger partial charge in [-0.3, -0.25) is 0 Å². The fourth-order valence-electron chi connectivity index (χ4n) is 1.53. The van der Waals surface area contributed by atoms with Crippen LogP contribution in [-0.4, -0.2) is 11.0 Å². The summed E-state index contributed by atoms with van der Waals surface area (Å²) in [4.78, 5) is 1.10. The van der Waals surface area contributed by atoms with Crippen LogP contribution in [0.3, 0.4) is 0 Å². The van der Waals surface area contributed by atoms with E-state index in [1.54, 1.807) is 0 Å². The minimum absolute atomic E-state index is 0.537. The van der Waals surface area contributed by atoms with Crippen molar-refractivity contribution in [3.05, 3.63) is 35.2 Å². The van der Waals surface area contributed by atoms with Crippen molar-refractivity contribution in [2.24, 2.45) is 11.7 Å². The second-order valence-corrected chi connectivity index (χ2v) is 5.50. The molecule has 0 spiro atoms. The summed E-state index contributed by atoms with van der Waals surface area (Å²) >= 11 is 1.46. The third kappa shape index (κ3) is 3.31. The molecule has 2 rings (SSSR count). The lowest BCUT2D eigenvalue weighted by Crippen LogP contribution is -2.04. The van der Waals surface area contributed by atoms with Crippen LogP contribution in [0, 0.1) is 5.92 Å². The van der Waals surface area contributed by atoms with E-state index in [4.69, 9.17) is 10.5 Å². The van der Waals surface area contributed by atoms with Gasteiger partial charge in [0.1, 0.15) is 5.75 Å². The first-order chi connectivity index (χ1) is 8.69. The van der Waals surface area contributed by atoms with Gasteiger partial charge in [-0.2, -0.15) is 4.37 Å². The molecule has 2 aromatic rings. The zero-order valence-electron chi connectivity index (χ0n) is 10.7. The number of hydrogen-bond acceptors (Lipinski definition) is 4. The first-order valence-electron chi connectivity index (χ1n) is 6.08. The summed E-state index contributed by atoms with van der Waals surface area (Å²) in [5.74, 6) is 1.44. The standard InChI is InChI=1S/C14H18N2OS/c1-10(2)9-17-12-5-3-11(4-6-12)14-7-13(8-15)18-16-14/h3-7,10H,8-9,15H2,1-2H3. The average molecular weight is 262 g/mol. The van der Waals surface area contributed by atoms with Gasteiger partial charge in [0.15, 0.2) is 0 Å². The molecule has 96 valence electrons. The van der Waals surface area contributed by atoms with E-state index < -0.39 is 0 Å². The van der Waals surface area contributed by atoms with Crippen LogP contribution in [0.1, 0.15) is 18.7 Å². The highest BCUT2D eigenvalue weighted by Gasteiger charge is 2.04. The molecule has 1 aromatic heterocycles. The van der Waals surface area contributed by atoms with Crippen molar-refractivity contribution in [3.8, 4) is 17.0 Å². The number of hydrogen-bond donors (Lipinski definition) is 1. The Morgan fingerprint density at radius 2 is 2.00 bits per heavy atom. The molecule has 0 aliphatic heterocycles. The Morgan fingerprint density at radius 3 is 2.56 bits per heavy atom. The third-order valence-electron chi connectivity index (χ3n) is 2.49. The van der Waals surface area contributed by atoms with Gasteiger partial charge in [-0.15, -0.1) is 0 Å². The molecule has 0 fully saturated rings. The SMILES string of the molecule is CC(C)COc1ccc(-c2cc(CN)sn2)cc1. The van der Waals surface area contributed by atoms with E-state index in [2.05, 4.69) is 18.2 Å². The molecule has 1 heterocycles. The molecule has 18 heavy (non-hydrogen) atoms. The van der Waals surface area contributed by atoms with Gasteiger partial charge in [-0.25, -0.2) is 0 Å². The summed E-state index contributed by atoms with van der Waals surface area (Å²) in [7, 11) is 0. The average Bonchev–Trinajstić information content (AvgIpc) is 2.85. The molecule has 1 aromatic carbocycles. The zero-order chi connectivity index (χ0) is 13.0. The summed E-state index contributed by atoms with van der Waals surface area (Å²) in [5, 5.41) is 0. The first kappa shape index (κ1) is 13.1. The van der Waals surface area contributed by atoms with E-state index in [0.717, 1.165) is 28.5 Å². The Morgan fingerprint density at radius 1 is 1.28 bits per heavy atom. The molecule has 0 aliphatic carbocycles. The van der Waals surface area contributed by atoms with Gasteiger partial charge in [-0.1, -0.05) is 13.8 Å². The quantitative estimate of drug-likeness (QED) is 0.899. The van der Waals surface area contributed by atoms with E-state index >= 15 is 0 Å². The van der Waals surface area contributed by atoms with Gasteiger partial charge in [0.25, 0.3) is 0 Å². The molecule has 0 saturated heterocycles. The molecule has 0 atom stereocenters. The maximum Gasteiger partial charge on any atom is 0.119 e.